The Bertz CT molecular complexity index is 1040. The summed E-state index contributed by atoms with van der Waals surface area (Å²) in [5.74, 6) is 1.05. The highest BCUT2D eigenvalue weighted by Gasteiger charge is 2.33. The number of fused-ring (bicyclic) bond motifs is 1. The molecular weight excluding hydrogens is 356 g/mol. The molecule has 0 N–H and O–H groups in total. The maximum atomic E-state index is 12.7. The Labute approximate surface area is 154 Å². The molecular formula is C18H15ClN4O3. The lowest BCUT2D eigenvalue weighted by molar-refractivity contribution is 0.250. The zero-order chi connectivity index (χ0) is 18.3. The SMILES string of the molecule is COc1cccc(N2Cc3nn(Cc4ccc(Cl)cc4)c(=O)n3C2=O)c1. The summed E-state index contributed by atoms with van der Waals surface area (Å²) in [5, 5.41) is 4.94. The fourth-order valence-electron chi connectivity index (χ4n) is 2.92. The van der Waals surface area contributed by atoms with Crippen LogP contribution in [0, 0.1) is 0 Å². The van der Waals surface area contributed by atoms with Crippen molar-refractivity contribution >= 4 is 23.3 Å². The van der Waals surface area contributed by atoms with Crippen LogP contribution in [-0.4, -0.2) is 27.5 Å². The van der Waals surface area contributed by atoms with Crippen molar-refractivity contribution < 1.29 is 9.53 Å². The first-order valence-electron chi connectivity index (χ1n) is 7.96. The molecule has 1 aliphatic heterocycles. The van der Waals surface area contributed by atoms with Crippen LogP contribution in [0.3, 0.4) is 0 Å². The number of rotatable bonds is 4. The van der Waals surface area contributed by atoms with Gasteiger partial charge in [0.2, 0.25) is 0 Å². The molecule has 4 rings (SSSR count). The Hall–Kier alpha value is -3.06. The number of halogens is 1. The van der Waals surface area contributed by atoms with E-state index in [1.54, 1.807) is 43.5 Å². The van der Waals surface area contributed by atoms with Gasteiger partial charge in [-0.2, -0.15) is 9.67 Å². The molecule has 1 aliphatic rings. The second kappa shape index (κ2) is 6.34. The Balaban J connectivity index is 1.62. The Morgan fingerprint density at radius 1 is 1.15 bits per heavy atom. The van der Waals surface area contributed by atoms with Crippen molar-refractivity contribution in [2.45, 2.75) is 13.1 Å². The largest absolute Gasteiger partial charge is 0.497 e. The first-order chi connectivity index (χ1) is 12.6. The van der Waals surface area contributed by atoms with E-state index in [9.17, 15) is 9.59 Å². The van der Waals surface area contributed by atoms with Crippen LogP contribution in [0.15, 0.2) is 53.3 Å². The second-order valence-corrected chi connectivity index (χ2v) is 6.32. The summed E-state index contributed by atoms with van der Waals surface area (Å²) in [6.07, 6.45) is 0. The van der Waals surface area contributed by atoms with Crippen molar-refractivity contribution in [3.05, 3.63) is 75.4 Å². The fourth-order valence-corrected chi connectivity index (χ4v) is 3.05. The van der Waals surface area contributed by atoms with Crippen LogP contribution in [0.5, 0.6) is 5.75 Å². The molecule has 3 aromatic rings. The van der Waals surface area contributed by atoms with Crippen LogP contribution in [0.25, 0.3) is 0 Å². The molecule has 0 saturated heterocycles. The Morgan fingerprint density at radius 3 is 2.62 bits per heavy atom. The summed E-state index contributed by atoms with van der Waals surface area (Å²) in [6, 6.07) is 13.9. The van der Waals surface area contributed by atoms with Crippen LogP contribution < -0.4 is 15.3 Å². The molecule has 1 aromatic heterocycles. The molecule has 2 aromatic carbocycles. The molecule has 8 heteroatoms. The topological polar surface area (TPSA) is 69.4 Å². The van der Waals surface area contributed by atoms with Crippen LogP contribution in [-0.2, 0) is 13.1 Å². The number of aromatic nitrogens is 3. The Kier molecular flexibility index (Phi) is 4.00. The Morgan fingerprint density at radius 2 is 1.92 bits per heavy atom. The van der Waals surface area contributed by atoms with Gasteiger partial charge in [-0.25, -0.2) is 14.3 Å². The third kappa shape index (κ3) is 2.76. The lowest BCUT2D eigenvalue weighted by Crippen LogP contribution is -2.35. The molecule has 0 saturated carbocycles. The van der Waals surface area contributed by atoms with Gasteiger partial charge in [0.15, 0.2) is 5.82 Å². The van der Waals surface area contributed by atoms with E-state index in [2.05, 4.69) is 5.10 Å². The standard InChI is InChI=1S/C18H15ClN4O3/c1-26-15-4-2-3-14(9-15)21-11-16-20-22(18(25)23(16)17(21)24)10-12-5-7-13(19)8-6-12/h2-9H,10-11H2,1H3. The van der Waals surface area contributed by atoms with E-state index in [4.69, 9.17) is 16.3 Å². The first-order valence-corrected chi connectivity index (χ1v) is 8.34. The van der Waals surface area contributed by atoms with E-state index in [1.165, 1.54) is 9.58 Å². The maximum Gasteiger partial charge on any atom is 0.354 e. The molecule has 132 valence electrons. The van der Waals surface area contributed by atoms with E-state index >= 15 is 0 Å². The zero-order valence-electron chi connectivity index (χ0n) is 13.9. The molecule has 0 aliphatic carbocycles. The second-order valence-electron chi connectivity index (χ2n) is 5.89. The van der Waals surface area contributed by atoms with Crippen molar-refractivity contribution in [2.24, 2.45) is 0 Å². The highest BCUT2D eigenvalue weighted by atomic mass is 35.5. The lowest BCUT2D eigenvalue weighted by Gasteiger charge is -2.15. The lowest BCUT2D eigenvalue weighted by atomic mass is 10.2. The first kappa shape index (κ1) is 16.4. The predicted molar refractivity (Wildman–Crippen MR) is 97.0 cm³/mol. The van der Waals surface area contributed by atoms with Gasteiger partial charge in [0.05, 0.1) is 20.2 Å². The van der Waals surface area contributed by atoms with E-state index in [-0.39, 0.29) is 13.1 Å². The van der Waals surface area contributed by atoms with Gasteiger partial charge >= 0.3 is 11.7 Å². The quantitative estimate of drug-likeness (QED) is 0.708. The number of amides is 1. The predicted octanol–water partition coefficient (Wildman–Crippen LogP) is 2.74. The number of nitrogens with zero attached hydrogens (tertiary/aromatic N) is 4. The molecule has 0 unspecified atom stereocenters. The van der Waals surface area contributed by atoms with Gasteiger partial charge in [-0.05, 0) is 29.8 Å². The van der Waals surface area contributed by atoms with Gasteiger partial charge < -0.3 is 4.74 Å². The minimum atomic E-state index is -0.453. The van der Waals surface area contributed by atoms with Crippen molar-refractivity contribution in [1.29, 1.82) is 0 Å². The summed E-state index contributed by atoms with van der Waals surface area (Å²) in [5.41, 5.74) is 1.08. The van der Waals surface area contributed by atoms with Crippen molar-refractivity contribution in [3.63, 3.8) is 0 Å². The van der Waals surface area contributed by atoms with E-state index in [0.29, 0.717) is 22.3 Å². The third-order valence-electron chi connectivity index (χ3n) is 4.24. The third-order valence-corrected chi connectivity index (χ3v) is 4.49. The number of anilines is 1. The monoisotopic (exact) mass is 370 g/mol. The van der Waals surface area contributed by atoms with Gasteiger partial charge in [0, 0.05) is 16.8 Å². The minimum Gasteiger partial charge on any atom is -0.497 e. The fraction of sp³-hybridized carbons (Fsp3) is 0.167. The number of hydrogen-bond donors (Lipinski definition) is 0. The minimum absolute atomic E-state index is 0.231. The van der Waals surface area contributed by atoms with Crippen molar-refractivity contribution in [2.75, 3.05) is 12.0 Å². The van der Waals surface area contributed by atoms with Gasteiger partial charge in [0.25, 0.3) is 0 Å². The normalized spacial score (nSPS) is 13.2. The van der Waals surface area contributed by atoms with E-state index < -0.39 is 11.7 Å². The average molecular weight is 371 g/mol. The number of hydrogen-bond acceptors (Lipinski definition) is 4. The van der Waals surface area contributed by atoms with Crippen LogP contribution in [0.4, 0.5) is 10.5 Å². The summed E-state index contributed by atoms with van der Waals surface area (Å²) >= 11 is 5.87. The maximum absolute atomic E-state index is 12.7. The smallest absolute Gasteiger partial charge is 0.354 e. The molecule has 2 heterocycles. The van der Waals surface area contributed by atoms with Crippen LogP contribution in [0.2, 0.25) is 5.02 Å². The number of carbonyl (C=O) groups excluding carboxylic acids is 1. The summed E-state index contributed by atoms with van der Waals surface area (Å²) in [7, 11) is 1.56. The molecule has 0 fully saturated rings. The summed E-state index contributed by atoms with van der Waals surface area (Å²) < 4.78 is 7.59. The number of carbonyl (C=O) groups is 1. The average Bonchev–Trinajstić information content (AvgIpc) is 3.14. The molecule has 0 spiro atoms. The number of ether oxygens (including phenoxy) is 1. The molecule has 0 bridgehead atoms. The van der Waals surface area contributed by atoms with E-state index in [0.717, 1.165) is 10.1 Å². The van der Waals surface area contributed by atoms with Gasteiger partial charge in [-0.3, -0.25) is 4.90 Å². The van der Waals surface area contributed by atoms with Gasteiger partial charge in [-0.1, -0.05) is 29.8 Å². The van der Waals surface area contributed by atoms with E-state index in [1.807, 2.05) is 12.1 Å². The van der Waals surface area contributed by atoms with Crippen LogP contribution >= 0.6 is 11.6 Å². The summed E-state index contributed by atoms with van der Waals surface area (Å²) in [6.45, 7) is 0.511. The molecule has 7 nitrogen and oxygen atoms in total. The molecule has 0 radical (unpaired) electrons. The molecule has 1 amide bonds. The van der Waals surface area contributed by atoms with Crippen molar-refractivity contribution in [1.82, 2.24) is 14.3 Å². The highest BCUT2D eigenvalue weighted by Crippen LogP contribution is 2.26. The molecule has 0 atom stereocenters. The summed E-state index contributed by atoms with van der Waals surface area (Å²) in [4.78, 5) is 26.8. The van der Waals surface area contributed by atoms with Gasteiger partial charge in [-0.15, -0.1) is 0 Å². The zero-order valence-corrected chi connectivity index (χ0v) is 14.7. The molecule has 26 heavy (non-hydrogen) atoms. The highest BCUT2D eigenvalue weighted by molar-refractivity contribution is 6.30. The van der Waals surface area contributed by atoms with Crippen molar-refractivity contribution in [3.8, 4) is 5.75 Å². The van der Waals surface area contributed by atoms with Gasteiger partial charge in [0.1, 0.15) is 5.75 Å². The number of benzene rings is 2. The number of methoxy groups -OCH3 is 1. The van der Waals surface area contributed by atoms with Crippen LogP contribution in [0.1, 0.15) is 11.4 Å².